The van der Waals surface area contributed by atoms with Crippen LogP contribution in [0.15, 0.2) is 30.5 Å². The van der Waals surface area contributed by atoms with Crippen molar-refractivity contribution in [2.45, 2.75) is 19.9 Å². The Balaban J connectivity index is 2.59. The van der Waals surface area contributed by atoms with E-state index in [0.717, 1.165) is 11.3 Å². The molecule has 0 spiro atoms. The Kier molecular flexibility index (Phi) is 3.29. The van der Waals surface area contributed by atoms with Gasteiger partial charge in [0.2, 0.25) is 0 Å². The zero-order chi connectivity index (χ0) is 13.3. The summed E-state index contributed by atoms with van der Waals surface area (Å²) in [5.41, 5.74) is 1.72. The van der Waals surface area contributed by atoms with Gasteiger partial charge in [-0.25, -0.2) is 0 Å². The van der Waals surface area contributed by atoms with Crippen molar-refractivity contribution in [3.8, 4) is 11.3 Å². The molecule has 0 fully saturated rings. The number of nitro groups is 1. The Hall–Kier alpha value is -1.95. The first-order valence-corrected chi connectivity index (χ1v) is 5.96. The van der Waals surface area contributed by atoms with Crippen LogP contribution >= 0.6 is 12.2 Å². The molecule has 0 saturated heterocycles. The van der Waals surface area contributed by atoms with Gasteiger partial charge >= 0.3 is 0 Å². The van der Waals surface area contributed by atoms with Crippen LogP contribution in [-0.4, -0.2) is 14.5 Å². The molecule has 1 heterocycles. The van der Waals surface area contributed by atoms with Crippen LogP contribution in [0.2, 0.25) is 0 Å². The second-order valence-electron chi connectivity index (χ2n) is 4.25. The number of nitrogens with zero attached hydrogens (tertiary/aromatic N) is 2. The van der Waals surface area contributed by atoms with E-state index in [4.69, 9.17) is 12.2 Å². The van der Waals surface area contributed by atoms with Crippen molar-refractivity contribution in [2.24, 2.45) is 0 Å². The van der Waals surface area contributed by atoms with Gasteiger partial charge in [-0.15, -0.1) is 0 Å². The first kappa shape index (κ1) is 12.5. The third kappa shape index (κ3) is 2.19. The van der Waals surface area contributed by atoms with Gasteiger partial charge in [-0.3, -0.25) is 10.1 Å². The van der Waals surface area contributed by atoms with Crippen LogP contribution in [-0.2, 0) is 0 Å². The number of aromatic amines is 1. The molecule has 0 unspecified atom stereocenters. The molecule has 1 N–H and O–H groups in total. The minimum Gasteiger partial charge on any atom is -0.337 e. The summed E-state index contributed by atoms with van der Waals surface area (Å²) >= 11 is 5.21. The van der Waals surface area contributed by atoms with Gasteiger partial charge in [-0.1, -0.05) is 12.1 Å². The van der Waals surface area contributed by atoms with Gasteiger partial charge in [0, 0.05) is 29.9 Å². The Morgan fingerprint density at radius 2 is 2.17 bits per heavy atom. The van der Waals surface area contributed by atoms with Gasteiger partial charge in [0.05, 0.1) is 10.6 Å². The summed E-state index contributed by atoms with van der Waals surface area (Å²) in [5, 5.41) is 10.8. The highest BCUT2D eigenvalue weighted by Crippen LogP contribution is 2.26. The molecule has 0 amide bonds. The normalized spacial score (nSPS) is 10.8. The standard InChI is InChI=1S/C12H13N3O2S/c1-8(2)14-11(7-13-12(14)18)9-4-3-5-10(6-9)15(16)17/h3-8H,1-2H3,(H,13,18). The Bertz CT molecular complexity index is 643. The summed E-state index contributed by atoms with van der Waals surface area (Å²) in [5.74, 6) is 0. The average molecular weight is 263 g/mol. The topological polar surface area (TPSA) is 63.9 Å². The predicted octanol–water partition coefficient (Wildman–Crippen LogP) is 3.70. The van der Waals surface area contributed by atoms with Crippen LogP contribution in [0, 0.1) is 14.9 Å². The first-order valence-electron chi connectivity index (χ1n) is 5.55. The minimum absolute atomic E-state index is 0.0786. The molecule has 18 heavy (non-hydrogen) atoms. The Labute approximate surface area is 109 Å². The monoisotopic (exact) mass is 263 g/mol. The largest absolute Gasteiger partial charge is 0.337 e. The Morgan fingerprint density at radius 1 is 1.44 bits per heavy atom. The van der Waals surface area contributed by atoms with Crippen molar-refractivity contribution in [3.05, 3.63) is 45.3 Å². The third-order valence-electron chi connectivity index (χ3n) is 2.68. The molecule has 1 aromatic carbocycles. The summed E-state index contributed by atoms with van der Waals surface area (Å²) in [6.07, 6.45) is 1.78. The number of benzene rings is 1. The molecule has 6 heteroatoms. The molecular weight excluding hydrogens is 250 g/mol. The van der Waals surface area contributed by atoms with Crippen LogP contribution in [0.3, 0.4) is 0 Å². The zero-order valence-electron chi connectivity index (χ0n) is 10.1. The van der Waals surface area contributed by atoms with Crippen molar-refractivity contribution >= 4 is 17.9 Å². The fraction of sp³-hybridized carbons (Fsp3) is 0.250. The number of nitrogens with one attached hydrogen (secondary N) is 1. The van der Waals surface area contributed by atoms with Gasteiger partial charge < -0.3 is 9.55 Å². The molecule has 94 valence electrons. The van der Waals surface area contributed by atoms with Crippen molar-refractivity contribution in [1.82, 2.24) is 9.55 Å². The highest BCUT2D eigenvalue weighted by Gasteiger charge is 2.12. The van der Waals surface area contributed by atoms with Crippen molar-refractivity contribution in [1.29, 1.82) is 0 Å². The van der Waals surface area contributed by atoms with Crippen molar-refractivity contribution in [2.75, 3.05) is 0 Å². The lowest BCUT2D eigenvalue weighted by molar-refractivity contribution is -0.384. The van der Waals surface area contributed by atoms with E-state index in [1.807, 2.05) is 24.5 Å². The van der Waals surface area contributed by atoms with Crippen LogP contribution < -0.4 is 0 Å². The maximum Gasteiger partial charge on any atom is 0.270 e. The Morgan fingerprint density at radius 3 is 2.78 bits per heavy atom. The summed E-state index contributed by atoms with van der Waals surface area (Å²) in [6, 6.07) is 6.73. The van der Waals surface area contributed by atoms with Gasteiger partial charge in [-0.05, 0) is 26.1 Å². The number of hydrogen-bond acceptors (Lipinski definition) is 3. The summed E-state index contributed by atoms with van der Waals surface area (Å²) < 4.78 is 2.56. The lowest BCUT2D eigenvalue weighted by atomic mass is 10.1. The molecule has 0 aliphatic heterocycles. The van der Waals surface area contributed by atoms with Gasteiger partial charge in [-0.2, -0.15) is 0 Å². The number of nitro benzene ring substituents is 1. The zero-order valence-corrected chi connectivity index (χ0v) is 10.9. The minimum atomic E-state index is -0.398. The summed E-state index contributed by atoms with van der Waals surface area (Å²) in [4.78, 5) is 13.4. The summed E-state index contributed by atoms with van der Waals surface area (Å²) in [7, 11) is 0. The van der Waals surface area contributed by atoms with Crippen molar-refractivity contribution in [3.63, 3.8) is 0 Å². The number of H-pyrrole nitrogens is 1. The van der Waals surface area contributed by atoms with E-state index in [1.54, 1.807) is 18.3 Å². The van der Waals surface area contributed by atoms with E-state index in [-0.39, 0.29) is 11.7 Å². The molecule has 2 aromatic rings. The maximum absolute atomic E-state index is 10.8. The molecule has 0 bridgehead atoms. The van der Waals surface area contributed by atoms with Crippen molar-refractivity contribution < 1.29 is 4.92 Å². The predicted molar refractivity (Wildman–Crippen MR) is 72.1 cm³/mol. The third-order valence-corrected chi connectivity index (χ3v) is 2.99. The molecule has 0 aliphatic carbocycles. The molecule has 1 aromatic heterocycles. The molecule has 0 saturated carbocycles. The van der Waals surface area contributed by atoms with E-state index in [0.29, 0.717) is 4.77 Å². The van der Waals surface area contributed by atoms with E-state index in [1.165, 1.54) is 6.07 Å². The second kappa shape index (κ2) is 4.73. The number of hydrogen-bond donors (Lipinski definition) is 1. The molecular formula is C12H13N3O2S. The van der Waals surface area contributed by atoms with Crippen LogP contribution in [0.1, 0.15) is 19.9 Å². The smallest absolute Gasteiger partial charge is 0.270 e. The number of imidazole rings is 1. The summed E-state index contributed by atoms with van der Waals surface area (Å²) in [6.45, 7) is 4.04. The van der Waals surface area contributed by atoms with E-state index >= 15 is 0 Å². The average Bonchev–Trinajstić information content (AvgIpc) is 2.71. The lowest BCUT2D eigenvalue weighted by Crippen LogP contribution is -2.02. The first-order chi connectivity index (χ1) is 8.50. The van der Waals surface area contributed by atoms with E-state index in [9.17, 15) is 10.1 Å². The molecule has 0 aliphatic rings. The molecule has 0 atom stereocenters. The number of rotatable bonds is 3. The highest BCUT2D eigenvalue weighted by atomic mass is 32.1. The maximum atomic E-state index is 10.8. The van der Waals surface area contributed by atoms with Gasteiger partial charge in [0.15, 0.2) is 4.77 Å². The lowest BCUT2D eigenvalue weighted by Gasteiger charge is -2.11. The number of non-ortho nitro benzene ring substituents is 1. The number of aromatic nitrogens is 2. The van der Waals surface area contributed by atoms with Crippen LogP contribution in [0.25, 0.3) is 11.3 Å². The van der Waals surface area contributed by atoms with Gasteiger partial charge in [0.1, 0.15) is 0 Å². The molecule has 2 rings (SSSR count). The fourth-order valence-electron chi connectivity index (χ4n) is 1.89. The fourth-order valence-corrected chi connectivity index (χ4v) is 2.26. The SMILES string of the molecule is CC(C)n1c(-c2cccc([N+](=O)[O-])c2)c[nH]c1=S. The van der Waals surface area contributed by atoms with Crippen LogP contribution in [0.4, 0.5) is 5.69 Å². The molecule has 0 radical (unpaired) electrons. The quantitative estimate of drug-likeness (QED) is 0.521. The van der Waals surface area contributed by atoms with E-state index in [2.05, 4.69) is 4.98 Å². The second-order valence-corrected chi connectivity index (χ2v) is 4.64. The molecule has 5 nitrogen and oxygen atoms in total. The van der Waals surface area contributed by atoms with E-state index < -0.39 is 4.92 Å². The van der Waals surface area contributed by atoms with Gasteiger partial charge in [0.25, 0.3) is 5.69 Å². The highest BCUT2D eigenvalue weighted by molar-refractivity contribution is 7.71. The van der Waals surface area contributed by atoms with Crippen LogP contribution in [0.5, 0.6) is 0 Å².